The quantitative estimate of drug-likeness (QED) is 0.636. The Hall–Kier alpha value is -2.24. The van der Waals surface area contributed by atoms with Crippen LogP contribution in [0, 0.1) is 11.8 Å². The third kappa shape index (κ3) is 8.08. The summed E-state index contributed by atoms with van der Waals surface area (Å²) >= 11 is 0. The van der Waals surface area contributed by atoms with Gasteiger partial charge >= 0.3 is 12.1 Å². The number of carboxylic acid groups (broad SMARTS) is 1. The van der Waals surface area contributed by atoms with Gasteiger partial charge in [0.25, 0.3) is 0 Å². The number of nitrogens with zero attached hydrogens (tertiary/aromatic N) is 3. The second-order valence-electron chi connectivity index (χ2n) is 7.78. The van der Waals surface area contributed by atoms with Crippen LogP contribution in [0.4, 0.5) is 13.2 Å². The molecule has 11 heteroatoms. The maximum absolute atomic E-state index is 11.5. The van der Waals surface area contributed by atoms with E-state index in [1.165, 1.54) is 5.56 Å². The number of carboxylic acids is 1. The Balaban J connectivity index is 0.000000423. The maximum Gasteiger partial charge on any atom is 0.490 e. The first kappa shape index (κ1) is 25.0. The normalized spacial score (nSPS) is 23.1. The van der Waals surface area contributed by atoms with Crippen LogP contribution in [-0.2, 0) is 25.6 Å². The summed E-state index contributed by atoms with van der Waals surface area (Å²) < 4.78 is 43.2. The van der Waals surface area contributed by atoms with Crippen LogP contribution < -0.4 is 0 Å². The van der Waals surface area contributed by atoms with Gasteiger partial charge in [0, 0.05) is 58.6 Å². The van der Waals surface area contributed by atoms with E-state index >= 15 is 0 Å². The molecule has 8 nitrogen and oxygen atoms in total. The monoisotopic (exact) mass is 447 g/mol. The van der Waals surface area contributed by atoms with E-state index in [2.05, 4.69) is 16.0 Å². The molecule has 2 saturated heterocycles. The molecular formula is C20H28F3N3O5. The van der Waals surface area contributed by atoms with Crippen molar-refractivity contribution in [2.45, 2.75) is 25.2 Å². The van der Waals surface area contributed by atoms with Gasteiger partial charge in [-0.3, -0.25) is 14.7 Å². The van der Waals surface area contributed by atoms with Gasteiger partial charge in [-0.2, -0.15) is 13.2 Å². The summed E-state index contributed by atoms with van der Waals surface area (Å²) in [5.74, 6) is -1.63. The molecule has 2 fully saturated rings. The largest absolute Gasteiger partial charge is 0.490 e. The zero-order valence-corrected chi connectivity index (χ0v) is 17.5. The summed E-state index contributed by atoms with van der Waals surface area (Å²) in [5, 5.41) is 7.12. The minimum absolute atomic E-state index is 0.0130. The van der Waals surface area contributed by atoms with Crippen LogP contribution in [0.5, 0.6) is 0 Å². The Morgan fingerprint density at radius 3 is 2.65 bits per heavy atom. The number of hydrogen-bond donors (Lipinski definition) is 1. The van der Waals surface area contributed by atoms with Gasteiger partial charge in [-0.1, -0.05) is 6.07 Å². The molecular weight excluding hydrogens is 419 g/mol. The Kier molecular flexibility index (Phi) is 9.20. The summed E-state index contributed by atoms with van der Waals surface area (Å²) in [5.41, 5.74) is 1.25. The maximum atomic E-state index is 11.5. The van der Waals surface area contributed by atoms with Gasteiger partial charge in [-0.15, -0.1) is 0 Å². The van der Waals surface area contributed by atoms with Crippen LogP contribution in [0.3, 0.4) is 0 Å². The van der Waals surface area contributed by atoms with E-state index in [0.29, 0.717) is 24.5 Å². The predicted octanol–water partition coefficient (Wildman–Crippen LogP) is 1.66. The summed E-state index contributed by atoms with van der Waals surface area (Å²) in [4.78, 5) is 28.6. The average Bonchev–Trinajstić information content (AvgIpc) is 3.26. The second kappa shape index (κ2) is 11.4. The fraction of sp³-hybridized carbons (Fsp3) is 0.650. The van der Waals surface area contributed by atoms with Crippen LogP contribution in [0.2, 0.25) is 0 Å². The van der Waals surface area contributed by atoms with E-state index in [0.717, 1.165) is 32.7 Å². The van der Waals surface area contributed by atoms with Crippen molar-refractivity contribution in [1.82, 2.24) is 14.8 Å². The van der Waals surface area contributed by atoms with Crippen LogP contribution in [0.25, 0.3) is 0 Å². The van der Waals surface area contributed by atoms with E-state index in [-0.39, 0.29) is 12.5 Å². The molecule has 0 bridgehead atoms. The first-order valence-corrected chi connectivity index (χ1v) is 9.88. The molecule has 1 aromatic heterocycles. The molecule has 1 N–H and O–H groups in total. The molecule has 174 valence electrons. The standard InChI is InChI=1S/C18H27N3O3.C2HF3O2/c1-20(2)18(22)13-23-7-5-15-12-24-17-11-21(10-16(15)17)9-14-4-3-6-19-8-14;3-2(4,5)1(6)7/h3-4,6,8,15-17H,5,7,9-13H2,1-2H3;(H,6,7)/t15-,16-,17-;/m0./s1. The second-order valence-corrected chi connectivity index (χ2v) is 7.78. The number of alkyl halides is 3. The lowest BCUT2D eigenvalue weighted by atomic mass is 9.91. The van der Waals surface area contributed by atoms with E-state index in [1.54, 1.807) is 19.0 Å². The van der Waals surface area contributed by atoms with E-state index in [4.69, 9.17) is 19.4 Å². The molecule has 31 heavy (non-hydrogen) atoms. The minimum Gasteiger partial charge on any atom is -0.475 e. The number of likely N-dealkylation sites (N-methyl/N-ethyl adjacent to an activating group) is 1. The number of likely N-dealkylation sites (tertiary alicyclic amines) is 1. The van der Waals surface area contributed by atoms with Gasteiger partial charge in [0.1, 0.15) is 6.61 Å². The third-order valence-electron chi connectivity index (χ3n) is 5.24. The van der Waals surface area contributed by atoms with Gasteiger partial charge in [0.2, 0.25) is 5.91 Å². The van der Waals surface area contributed by atoms with Crippen molar-refractivity contribution in [3.8, 4) is 0 Å². The van der Waals surface area contributed by atoms with Crippen molar-refractivity contribution >= 4 is 11.9 Å². The number of aliphatic carboxylic acids is 1. The van der Waals surface area contributed by atoms with Crippen LogP contribution in [-0.4, -0.2) is 91.1 Å². The summed E-state index contributed by atoms with van der Waals surface area (Å²) in [6.07, 6.45) is -0.0392. The van der Waals surface area contributed by atoms with Crippen molar-refractivity contribution in [3.63, 3.8) is 0 Å². The molecule has 0 spiro atoms. The Bertz CT molecular complexity index is 718. The number of pyridine rings is 1. The topological polar surface area (TPSA) is 92.2 Å². The first-order chi connectivity index (χ1) is 14.6. The van der Waals surface area contributed by atoms with Gasteiger partial charge in [0.05, 0.1) is 12.7 Å². The van der Waals surface area contributed by atoms with Crippen molar-refractivity contribution in [3.05, 3.63) is 30.1 Å². The highest BCUT2D eigenvalue weighted by Crippen LogP contribution is 2.36. The Labute approximate surface area is 178 Å². The fourth-order valence-electron chi connectivity index (χ4n) is 3.58. The molecule has 0 unspecified atom stereocenters. The van der Waals surface area contributed by atoms with Crippen LogP contribution in [0.1, 0.15) is 12.0 Å². The highest BCUT2D eigenvalue weighted by molar-refractivity contribution is 5.76. The average molecular weight is 447 g/mol. The number of carbonyl (C=O) groups excluding carboxylic acids is 1. The predicted molar refractivity (Wildman–Crippen MR) is 104 cm³/mol. The van der Waals surface area contributed by atoms with Crippen molar-refractivity contribution in [1.29, 1.82) is 0 Å². The molecule has 1 aromatic rings. The summed E-state index contributed by atoms with van der Waals surface area (Å²) in [6.45, 7) is 4.62. The third-order valence-corrected chi connectivity index (χ3v) is 5.24. The number of aromatic nitrogens is 1. The Morgan fingerprint density at radius 2 is 2.06 bits per heavy atom. The lowest BCUT2D eigenvalue weighted by molar-refractivity contribution is -0.192. The molecule has 2 aliphatic rings. The van der Waals surface area contributed by atoms with Gasteiger partial charge in [-0.05, 0) is 24.0 Å². The summed E-state index contributed by atoms with van der Waals surface area (Å²) in [6, 6.07) is 4.10. The Morgan fingerprint density at radius 1 is 1.35 bits per heavy atom. The number of halogens is 3. The molecule has 1 amide bonds. The molecule has 0 aliphatic carbocycles. The molecule has 3 atom stereocenters. The molecule has 0 radical (unpaired) electrons. The van der Waals surface area contributed by atoms with Crippen LogP contribution in [0.15, 0.2) is 24.5 Å². The fourth-order valence-corrected chi connectivity index (χ4v) is 3.58. The molecule has 0 saturated carbocycles. The smallest absolute Gasteiger partial charge is 0.475 e. The van der Waals surface area contributed by atoms with Crippen molar-refractivity contribution < 1.29 is 37.3 Å². The molecule has 2 aliphatic heterocycles. The van der Waals surface area contributed by atoms with Crippen LogP contribution >= 0.6 is 0 Å². The van der Waals surface area contributed by atoms with Gasteiger partial charge in [0.15, 0.2) is 0 Å². The van der Waals surface area contributed by atoms with Crippen molar-refractivity contribution in [2.24, 2.45) is 11.8 Å². The highest BCUT2D eigenvalue weighted by atomic mass is 19.4. The van der Waals surface area contributed by atoms with Crippen molar-refractivity contribution in [2.75, 3.05) is 47.0 Å². The molecule has 3 heterocycles. The van der Waals surface area contributed by atoms with E-state index < -0.39 is 12.1 Å². The van der Waals surface area contributed by atoms with E-state index in [9.17, 15) is 18.0 Å². The van der Waals surface area contributed by atoms with Gasteiger partial charge < -0.3 is 19.5 Å². The highest BCUT2D eigenvalue weighted by Gasteiger charge is 2.43. The lowest BCUT2D eigenvalue weighted by Gasteiger charge is -2.19. The zero-order chi connectivity index (χ0) is 23.0. The molecule has 3 rings (SSSR count). The van der Waals surface area contributed by atoms with E-state index in [1.807, 2.05) is 18.5 Å². The van der Waals surface area contributed by atoms with Gasteiger partial charge in [-0.25, -0.2) is 4.79 Å². The minimum atomic E-state index is -5.08. The number of ether oxygens (including phenoxy) is 2. The first-order valence-electron chi connectivity index (χ1n) is 9.88. The number of amides is 1. The number of fused-ring (bicyclic) bond motifs is 1. The zero-order valence-electron chi connectivity index (χ0n) is 17.5. The number of rotatable bonds is 7. The molecule has 0 aromatic carbocycles. The number of hydrogen-bond acceptors (Lipinski definition) is 6. The SMILES string of the molecule is CN(C)C(=O)COCC[C@H]1CO[C@H]2CN(Cc3cccnc3)C[C@@H]12.O=C(O)C(F)(F)F. The number of carbonyl (C=O) groups is 2. The summed E-state index contributed by atoms with van der Waals surface area (Å²) in [7, 11) is 3.49. The lowest BCUT2D eigenvalue weighted by Crippen LogP contribution is -2.27.